The van der Waals surface area contributed by atoms with Crippen molar-refractivity contribution in [3.63, 3.8) is 0 Å². The highest BCUT2D eigenvalue weighted by molar-refractivity contribution is 7.12. The van der Waals surface area contributed by atoms with Crippen LogP contribution in [0.25, 0.3) is 11.3 Å². The van der Waals surface area contributed by atoms with E-state index in [2.05, 4.69) is 67.6 Å². The molecule has 21 heavy (non-hydrogen) atoms. The molecule has 2 aromatic carbocycles. The second-order valence-electron chi connectivity index (χ2n) is 5.16. The van der Waals surface area contributed by atoms with Crippen molar-refractivity contribution in [2.75, 3.05) is 0 Å². The van der Waals surface area contributed by atoms with Crippen molar-refractivity contribution in [2.24, 2.45) is 0 Å². The van der Waals surface area contributed by atoms with Gasteiger partial charge in [0.25, 0.3) is 0 Å². The normalized spacial score (nSPS) is 10.7. The van der Waals surface area contributed by atoms with Gasteiger partial charge in [-0.1, -0.05) is 67.6 Å². The summed E-state index contributed by atoms with van der Waals surface area (Å²) in [6.07, 6.45) is 3.18. The molecule has 1 aromatic heterocycles. The van der Waals surface area contributed by atoms with E-state index in [-0.39, 0.29) is 0 Å². The number of aromatic nitrogens is 1. The number of hydrogen-bond donors (Lipinski definition) is 0. The first-order valence-electron chi connectivity index (χ1n) is 7.44. The summed E-state index contributed by atoms with van der Waals surface area (Å²) in [6, 6.07) is 21.2. The summed E-state index contributed by atoms with van der Waals surface area (Å²) in [5.41, 5.74) is 3.73. The molecule has 0 atom stereocenters. The maximum atomic E-state index is 4.88. The third-order valence-electron chi connectivity index (χ3n) is 3.46. The number of rotatable bonds is 5. The van der Waals surface area contributed by atoms with Crippen LogP contribution in [0, 0.1) is 0 Å². The minimum atomic E-state index is 0.965. The highest BCUT2D eigenvalue weighted by Crippen LogP contribution is 2.30. The smallest absolute Gasteiger partial charge is 0.0935 e. The summed E-state index contributed by atoms with van der Waals surface area (Å²) in [7, 11) is 0. The van der Waals surface area contributed by atoms with Gasteiger partial charge < -0.3 is 0 Å². The molecule has 0 aliphatic heterocycles. The lowest BCUT2D eigenvalue weighted by Crippen LogP contribution is -1.88. The summed E-state index contributed by atoms with van der Waals surface area (Å²) in [4.78, 5) is 6.26. The Balaban J connectivity index is 1.98. The Hall–Kier alpha value is -1.93. The van der Waals surface area contributed by atoms with Crippen LogP contribution in [0.3, 0.4) is 0 Å². The topological polar surface area (TPSA) is 12.9 Å². The van der Waals surface area contributed by atoms with Crippen molar-refractivity contribution in [3.05, 3.63) is 76.1 Å². The Morgan fingerprint density at radius 1 is 0.905 bits per heavy atom. The zero-order valence-corrected chi connectivity index (χ0v) is 13.1. The van der Waals surface area contributed by atoms with Gasteiger partial charge in [-0.05, 0) is 18.4 Å². The second kappa shape index (κ2) is 6.68. The van der Waals surface area contributed by atoms with Crippen LogP contribution >= 0.6 is 11.3 Å². The van der Waals surface area contributed by atoms with Crippen molar-refractivity contribution in [2.45, 2.75) is 26.2 Å². The molecule has 1 heterocycles. The van der Waals surface area contributed by atoms with E-state index in [0.717, 1.165) is 25.0 Å². The van der Waals surface area contributed by atoms with Gasteiger partial charge in [0.2, 0.25) is 0 Å². The SMILES string of the molecule is CCCc1nc(-c2ccccc2)c(Cc2ccccc2)s1. The first-order valence-corrected chi connectivity index (χ1v) is 8.26. The van der Waals surface area contributed by atoms with Crippen molar-refractivity contribution in [1.29, 1.82) is 0 Å². The van der Waals surface area contributed by atoms with E-state index in [1.807, 2.05) is 11.3 Å². The molecule has 0 radical (unpaired) electrons. The molecule has 106 valence electrons. The highest BCUT2D eigenvalue weighted by atomic mass is 32.1. The van der Waals surface area contributed by atoms with Crippen LogP contribution in [0.5, 0.6) is 0 Å². The molecule has 0 spiro atoms. The van der Waals surface area contributed by atoms with Gasteiger partial charge in [0.15, 0.2) is 0 Å². The number of aryl methyl sites for hydroxylation is 1. The molecule has 0 unspecified atom stereocenters. The van der Waals surface area contributed by atoms with Gasteiger partial charge in [0.1, 0.15) is 0 Å². The van der Waals surface area contributed by atoms with E-state index in [4.69, 9.17) is 4.98 Å². The molecule has 0 saturated carbocycles. The number of nitrogens with zero attached hydrogens (tertiary/aromatic N) is 1. The largest absolute Gasteiger partial charge is 0.241 e. The minimum Gasteiger partial charge on any atom is -0.241 e. The quantitative estimate of drug-likeness (QED) is 0.617. The van der Waals surface area contributed by atoms with Crippen LogP contribution in [0.15, 0.2) is 60.7 Å². The Morgan fingerprint density at radius 3 is 2.24 bits per heavy atom. The summed E-state index contributed by atoms with van der Waals surface area (Å²) in [6.45, 7) is 2.21. The Bertz CT molecular complexity index is 686. The van der Waals surface area contributed by atoms with E-state index >= 15 is 0 Å². The lowest BCUT2D eigenvalue weighted by atomic mass is 10.1. The highest BCUT2D eigenvalue weighted by Gasteiger charge is 2.13. The number of benzene rings is 2. The molecule has 0 fully saturated rings. The Labute approximate surface area is 130 Å². The maximum absolute atomic E-state index is 4.88. The van der Waals surface area contributed by atoms with Gasteiger partial charge >= 0.3 is 0 Å². The monoisotopic (exact) mass is 293 g/mol. The summed E-state index contributed by atoms with van der Waals surface area (Å²) in [5, 5.41) is 1.25. The molecule has 0 bridgehead atoms. The molecule has 0 amide bonds. The van der Waals surface area contributed by atoms with Gasteiger partial charge in [-0.2, -0.15) is 0 Å². The average molecular weight is 293 g/mol. The summed E-state index contributed by atoms with van der Waals surface area (Å²) >= 11 is 1.86. The van der Waals surface area contributed by atoms with Crippen molar-refractivity contribution < 1.29 is 0 Å². The van der Waals surface area contributed by atoms with Crippen LogP contribution in [0.1, 0.15) is 28.8 Å². The number of hydrogen-bond acceptors (Lipinski definition) is 2. The maximum Gasteiger partial charge on any atom is 0.0935 e. The Kier molecular flexibility index (Phi) is 4.46. The molecule has 2 heteroatoms. The van der Waals surface area contributed by atoms with E-state index in [1.54, 1.807) is 0 Å². The van der Waals surface area contributed by atoms with Crippen LogP contribution in [-0.2, 0) is 12.8 Å². The van der Waals surface area contributed by atoms with Crippen molar-refractivity contribution in [1.82, 2.24) is 4.98 Å². The van der Waals surface area contributed by atoms with Crippen LogP contribution in [0.2, 0.25) is 0 Å². The molecular formula is C19H19NS. The fourth-order valence-electron chi connectivity index (χ4n) is 2.44. The molecule has 3 rings (SSSR count). The minimum absolute atomic E-state index is 0.965. The zero-order valence-electron chi connectivity index (χ0n) is 12.3. The van der Waals surface area contributed by atoms with Gasteiger partial charge in [-0.3, -0.25) is 0 Å². The van der Waals surface area contributed by atoms with Crippen LogP contribution in [0.4, 0.5) is 0 Å². The lowest BCUT2D eigenvalue weighted by molar-refractivity contribution is 0.909. The van der Waals surface area contributed by atoms with Crippen LogP contribution in [-0.4, -0.2) is 4.98 Å². The van der Waals surface area contributed by atoms with E-state index in [0.29, 0.717) is 0 Å². The van der Waals surface area contributed by atoms with Gasteiger partial charge in [-0.15, -0.1) is 11.3 Å². The summed E-state index contributed by atoms with van der Waals surface area (Å²) in [5.74, 6) is 0. The predicted molar refractivity (Wildman–Crippen MR) is 90.8 cm³/mol. The Morgan fingerprint density at radius 2 is 1.57 bits per heavy atom. The third kappa shape index (κ3) is 3.40. The van der Waals surface area contributed by atoms with E-state index < -0.39 is 0 Å². The van der Waals surface area contributed by atoms with Crippen LogP contribution < -0.4 is 0 Å². The number of thiazole rings is 1. The molecule has 0 N–H and O–H groups in total. The third-order valence-corrected chi connectivity index (χ3v) is 4.58. The first kappa shape index (κ1) is 14.0. The lowest BCUT2D eigenvalue weighted by Gasteiger charge is -2.02. The van der Waals surface area contributed by atoms with Gasteiger partial charge in [0.05, 0.1) is 10.7 Å². The molecule has 3 aromatic rings. The molecule has 0 aliphatic carbocycles. The second-order valence-corrected chi connectivity index (χ2v) is 6.33. The van der Waals surface area contributed by atoms with Gasteiger partial charge in [-0.25, -0.2) is 4.98 Å². The molecule has 0 aliphatic rings. The molecule has 0 saturated heterocycles. The molecule has 1 nitrogen and oxygen atoms in total. The zero-order chi connectivity index (χ0) is 14.5. The van der Waals surface area contributed by atoms with E-state index in [1.165, 1.54) is 21.0 Å². The average Bonchev–Trinajstić information content (AvgIpc) is 2.92. The van der Waals surface area contributed by atoms with Crippen molar-refractivity contribution in [3.8, 4) is 11.3 Å². The fraction of sp³-hybridized carbons (Fsp3) is 0.211. The standard InChI is InChI=1S/C19H19NS/c1-2-9-18-20-19(16-12-7-4-8-13-16)17(21-18)14-15-10-5-3-6-11-15/h3-8,10-13H,2,9,14H2,1H3. The van der Waals surface area contributed by atoms with E-state index in [9.17, 15) is 0 Å². The van der Waals surface area contributed by atoms with Gasteiger partial charge in [0, 0.05) is 16.9 Å². The predicted octanol–water partition coefficient (Wildman–Crippen LogP) is 5.35. The van der Waals surface area contributed by atoms with Crippen molar-refractivity contribution >= 4 is 11.3 Å². The molecular weight excluding hydrogens is 274 g/mol. The summed E-state index contributed by atoms with van der Waals surface area (Å²) < 4.78 is 0. The first-order chi connectivity index (χ1) is 10.4. The fourth-order valence-corrected chi connectivity index (χ4v) is 3.67.